The predicted octanol–water partition coefficient (Wildman–Crippen LogP) is 2.36. The van der Waals surface area contributed by atoms with Gasteiger partial charge in [0.2, 0.25) is 0 Å². The lowest BCUT2D eigenvalue weighted by Crippen LogP contribution is -2.35. The molecule has 0 atom stereocenters. The summed E-state index contributed by atoms with van der Waals surface area (Å²) in [6, 6.07) is 0. The van der Waals surface area contributed by atoms with Crippen molar-refractivity contribution < 1.29 is 19.4 Å². The number of carbonyl (C=O) groups excluding carboxylic acids is 1. The SMILES string of the molecule is CC(C)(OC(=O)CCC(=O)O)C1CCCC1. The zero-order chi connectivity index (χ0) is 12.2. The third kappa shape index (κ3) is 3.83. The summed E-state index contributed by atoms with van der Waals surface area (Å²) in [6.07, 6.45) is 4.39. The van der Waals surface area contributed by atoms with E-state index in [1.165, 1.54) is 12.8 Å². The molecule has 1 aliphatic rings. The Kier molecular flexibility index (Phi) is 4.33. The third-order valence-corrected chi connectivity index (χ3v) is 3.26. The molecule has 0 bridgehead atoms. The first-order valence-corrected chi connectivity index (χ1v) is 5.85. The molecule has 0 unspecified atom stereocenters. The first-order chi connectivity index (χ1) is 7.42. The third-order valence-electron chi connectivity index (χ3n) is 3.26. The van der Waals surface area contributed by atoms with Gasteiger partial charge in [0.25, 0.3) is 0 Å². The zero-order valence-corrected chi connectivity index (χ0v) is 9.99. The molecular formula is C12H20O4. The molecule has 4 heteroatoms. The van der Waals surface area contributed by atoms with Crippen molar-refractivity contribution in [2.75, 3.05) is 0 Å². The number of hydrogen-bond acceptors (Lipinski definition) is 3. The van der Waals surface area contributed by atoms with Gasteiger partial charge in [0.05, 0.1) is 12.8 Å². The van der Waals surface area contributed by atoms with Crippen molar-refractivity contribution in [3.05, 3.63) is 0 Å². The lowest BCUT2D eigenvalue weighted by Gasteiger charge is -2.31. The van der Waals surface area contributed by atoms with E-state index in [0.29, 0.717) is 5.92 Å². The van der Waals surface area contributed by atoms with Gasteiger partial charge in [0.15, 0.2) is 0 Å². The molecule has 16 heavy (non-hydrogen) atoms. The Morgan fingerprint density at radius 2 is 1.81 bits per heavy atom. The summed E-state index contributed by atoms with van der Waals surface area (Å²) >= 11 is 0. The molecule has 0 aromatic heterocycles. The van der Waals surface area contributed by atoms with Gasteiger partial charge in [-0.15, -0.1) is 0 Å². The molecule has 1 saturated carbocycles. The van der Waals surface area contributed by atoms with Crippen LogP contribution in [0, 0.1) is 5.92 Å². The number of hydrogen-bond donors (Lipinski definition) is 1. The molecule has 92 valence electrons. The molecular weight excluding hydrogens is 208 g/mol. The highest BCUT2D eigenvalue weighted by molar-refractivity contribution is 5.76. The van der Waals surface area contributed by atoms with Crippen LogP contribution in [0.25, 0.3) is 0 Å². The highest BCUT2D eigenvalue weighted by Crippen LogP contribution is 2.36. The smallest absolute Gasteiger partial charge is 0.306 e. The van der Waals surface area contributed by atoms with Crippen molar-refractivity contribution in [2.45, 2.75) is 58.0 Å². The van der Waals surface area contributed by atoms with E-state index in [9.17, 15) is 9.59 Å². The topological polar surface area (TPSA) is 63.6 Å². The number of carbonyl (C=O) groups is 2. The van der Waals surface area contributed by atoms with E-state index in [0.717, 1.165) is 12.8 Å². The minimum absolute atomic E-state index is 0.0362. The molecule has 4 nitrogen and oxygen atoms in total. The van der Waals surface area contributed by atoms with Crippen LogP contribution in [0.15, 0.2) is 0 Å². The van der Waals surface area contributed by atoms with Gasteiger partial charge in [-0.05, 0) is 32.6 Å². The number of carboxylic acid groups (broad SMARTS) is 1. The van der Waals surface area contributed by atoms with Gasteiger partial charge < -0.3 is 9.84 Å². The van der Waals surface area contributed by atoms with Crippen LogP contribution in [-0.4, -0.2) is 22.6 Å². The maximum absolute atomic E-state index is 11.4. The van der Waals surface area contributed by atoms with Crippen LogP contribution in [0.1, 0.15) is 52.4 Å². The largest absolute Gasteiger partial charge is 0.481 e. The standard InChI is InChI=1S/C12H20O4/c1-12(2,9-5-3-4-6-9)16-11(15)8-7-10(13)14/h9H,3-8H2,1-2H3,(H,13,14). The Bertz CT molecular complexity index is 264. The fourth-order valence-corrected chi connectivity index (χ4v) is 2.26. The van der Waals surface area contributed by atoms with Crippen LogP contribution in [0.3, 0.4) is 0 Å². The lowest BCUT2D eigenvalue weighted by atomic mass is 9.89. The molecule has 1 aliphatic carbocycles. The number of esters is 1. The highest BCUT2D eigenvalue weighted by atomic mass is 16.6. The van der Waals surface area contributed by atoms with E-state index >= 15 is 0 Å². The van der Waals surface area contributed by atoms with Crippen molar-refractivity contribution in [2.24, 2.45) is 5.92 Å². The molecule has 0 saturated heterocycles. The van der Waals surface area contributed by atoms with E-state index in [2.05, 4.69) is 0 Å². The molecule has 1 rings (SSSR count). The summed E-state index contributed by atoms with van der Waals surface area (Å²) in [5, 5.41) is 8.46. The van der Waals surface area contributed by atoms with Crippen molar-refractivity contribution in [3.8, 4) is 0 Å². The Morgan fingerprint density at radius 1 is 1.25 bits per heavy atom. The molecule has 0 aromatic rings. The van der Waals surface area contributed by atoms with E-state index in [1.807, 2.05) is 13.8 Å². The average Bonchev–Trinajstić information content (AvgIpc) is 2.67. The second-order valence-electron chi connectivity index (χ2n) is 4.95. The second-order valence-corrected chi connectivity index (χ2v) is 4.95. The molecule has 0 heterocycles. The molecule has 0 radical (unpaired) electrons. The monoisotopic (exact) mass is 228 g/mol. The first-order valence-electron chi connectivity index (χ1n) is 5.85. The molecule has 0 spiro atoms. The van der Waals surface area contributed by atoms with Crippen LogP contribution < -0.4 is 0 Å². The van der Waals surface area contributed by atoms with E-state index in [-0.39, 0.29) is 12.8 Å². The van der Waals surface area contributed by atoms with Crippen molar-refractivity contribution in [1.82, 2.24) is 0 Å². The van der Waals surface area contributed by atoms with Gasteiger partial charge in [-0.2, -0.15) is 0 Å². The van der Waals surface area contributed by atoms with Gasteiger partial charge in [-0.3, -0.25) is 9.59 Å². The fraction of sp³-hybridized carbons (Fsp3) is 0.833. The first kappa shape index (κ1) is 13.0. The summed E-state index contributed by atoms with van der Waals surface area (Å²) in [5.41, 5.74) is -0.452. The van der Waals surface area contributed by atoms with Gasteiger partial charge in [0.1, 0.15) is 5.60 Å². The molecule has 0 aromatic carbocycles. The average molecular weight is 228 g/mol. The molecule has 1 N–H and O–H groups in total. The number of aliphatic carboxylic acids is 1. The summed E-state index contributed by atoms with van der Waals surface area (Å²) in [5.74, 6) is -0.948. The minimum atomic E-state index is -0.962. The summed E-state index contributed by atoms with van der Waals surface area (Å²) in [7, 11) is 0. The quantitative estimate of drug-likeness (QED) is 0.734. The number of carboxylic acids is 1. The van der Waals surface area contributed by atoms with Crippen LogP contribution in [0.2, 0.25) is 0 Å². The molecule has 1 fully saturated rings. The maximum atomic E-state index is 11.4. The Morgan fingerprint density at radius 3 is 2.31 bits per heavy atom. The molecule has 0 amide bonds. The van der Waals surface area contributed by atoms with Crippen LogP contribution in [-0.2, 0) is 14.3 Å². The lowest BCUT2D eigenvalue weighted by molar-refractivity contribution is -0.163. The van der Waals surface area contributed by atoms with Crippen LogP contribution in [0.4, 0.5) is 0 Å². The highest BCUT2D eigenvalue weighted by Gasteiger charge is 2.35. The minimum Gasteiger partial charge on any atom is -0.481 e. The summed E-state index contributed by atoms with van der Waals surface area (Å²) < 4.78 is 5.37. The van der Waals surface area contributed by atoms with Gasteiger partial charge in [0, 0.05) is 0 Å². The van der Waals surface area contributed by atoms with Crippen molar-refractivity contribution >= 4 is 11.9 Å². The van der Waals surface area contributed by atoms with E-state index in [4.69, 9.17) is 9.84 Å². The van der Waals surface area contributed by atoms with Crippen molar-refractivity contribution in [3.63, 3.8) is 0 Å². The Balaban J connectivity index is 2.38. The Hall–Kier alpha value is -1.06. The summed E-state index contributed by atoms with van der Waals surface area (Å²) in [4.78, 5) is 21.8. The fourth-order valence-electron chi connectivity index (χ4n) is 2.26. The Labute approximate surface area is 96.0 Å². The number of ether oxygens (including phenoxy) is 1. The van der Waals surface area contributed by atoms with E-state index in [1.54, 1.807) is 0 Å². The number of rotatable bonds is 5. The predicted molar refractivity (Wildman–Crippen MR) is 59.0 cm³/mol. The zero-order valence-electron chi connectivity index (χ0n) is 9.99. The maximum Gasteiger partial charge on any atom is 0.306 e. The second kappa shape index (κ2) is 5.32. The van der Waals surface area contributed by atoms with Crippen LogP contribution in [0.5, 0.6) is 0 Å². The summed E-state index contributed by atoms with van der Waals surface area (Å²) in [6.45, 7) is 3.84. The molecule has 0 aliphatic heterocycles. The van der Waals surface area contributed by atoms with Crippen molar-refractivity contribution in [1.29, 1.82) is 0 Å². The van der Waals surface area contributed by atoms with Crippen LogP contribution >= 0.6 is 0 Å². The van der Waals surface area contributed by atoms with Gasteiger partial charge in [-0.25, -0.2) is 0 Å². The van der Waals surface area contributed by atoms with Gasteiger partial charge in [-0.1, -0.05) is 12.8 Å². The van der Waals surface area contributed by atoms with E-state index < -0.39 is 17.5 Å². The normalized spacial score (nSPS) is 17.4. The van der Waals surface area contributed by atoms with Gasteiger partial charge >= 0.3 is 11.9 Å².